The second-order valence-corrected chi connectivity index (χ2v) is 6.17. The van der Waals surface area contributed by atoms with Gasteiger partial charge in [0, 0.05) is 24.3 Å². The molecule has 0 aliphatic carbocycles. The zero-order chi connectivity index (χ0) is 17.3. The van der Waals surface area contributed by atoms with Crippen molar-refractivity contribution in [2.24, 2.45) is 5.92 Å². The third-order valence-corrected chi connectivity index (χ3v) is 4.39. The van der Waals surface area contributed by atoms with Crippen molar-refractivity contribution in [3.63, 3.8) is 0 Å². The molecule has 0 radical (unpaired) electrons. The van der Waals surface area contributed by atoms with Crippen LogP contribution in [0.25, 0.3) is 0 Å². The first-order valence-corrected chi connectivity index (χ1v) is 7.88. The van der Waals surface area contributed by atoms with E-state index in [-0.39, 0.29) is 18.2 Å². The van der Waals surface area contributed by atoms with E-state index >= 15 is 0 Å². The lowest BCUT2D eigenvalue weighted by Gasteiger charge is -2.18. The Morgan fingerprint density at radius 1 is 1.17 bits per heavy atom. The fraction of sp³-hybridized carbons (Fsp3) is 0.263. The summed E-state index contributed by atoms with van der Waals surface area (Å²) in [6.07, 6.45) is 0.161. The summed E-state index contributed by atoms with van der Waals surface area (Å²) in [7, 11) is 0. The maximum absolute atomic E-state index is 13.2. The van der Waals surface area contributed by atoms with E-state index in [0.29, 0.717) is 12.2 Å². The van der Waals surface area contributed by atoms with Crippen molar-refractivity contribution in [1.29, 1.82) is 0 Å². The van der Waals surface area contributed by atoms with E-state index in [9.17, 15) is 14.0 Å². The van der Waals surface area contributed by atoms with Gasteiger partial charge < -0.3 is 10.2 Å². The van der Waals surface area contributed by atoms with Crippen molar-refractivity contribution in [1.82, 2.24) is 0 Å². The molecule has 0 unspecified atom stereocenters. The van der Waals surface area contributed by atoms with Gasteiger partial charge in [-0.2, -0.15) is 0 Å². The highest BCUT2D eigenvalue weighted by Crippen LogP contribution is 2.27. The molecule has 1 N–H and O–H groups in total. The molecule has 1 aliphatic heterocycles. The normalized spacial score (nSPS) is 17.2. The summed E-state index contributed by atoms with van der Waals surface area (Å²) in [5.41, 5.74) is 3.47. The molecule has 124 valence electrons. The van der Waals surface area contributed by atoms with Crippen LogP contribution in [0.1, 0.15) is 17.5 Å². The number of nitrogens with one attached hydrogen (secondary N) is 1. The van der Waals surface area contributed by atoms with E-state index in [4.69, 9.17) is 0 Å². The average Bonchev–Trinajstić information content (AvgIpc) is 2.92. The van der Waals surface area contributed by atoms with Crippen LogP contribution in [0.4, 0.5) is 15.8 Å². The maximum Gasteiger partial charge on any atom is 0.229 e. The molecule has 1 saturated heterocycles. The third-order valence-electron chi connectivity index (χ3n) is 4.39. The van der Waals surface area contributed by atoms with E-state index in [1.807, 2.05) is 32.0 Å². The summed E-state index contributed by atoms with van der Waals surface area (Å²) >= 11 is 0. The van der Waals surface area contributed by atoms with Gasteiger partial charge in [-0.25, -0.2) is 4.39 Å². The van der Waals surface area contributed by atoms with Gasteiger partial charge in [-0.15, -0.1) is 0 Å². The highest BCUT2D eigenvalue weighted by molar-refractivity contribution is 6.03. The number of anilines is 2. The minimum absolute atomic E-state index is 0.0716. The zero-order valence-electron chi connectivity index (χ0n) is 13.7. The largest absolute Gasteiger partial charge is 0.326 e. The molecule has 0 bridgehead atoms. The first-order valence-electron chi connectivity index (χ1n) is 7.88. The van der Waals surface area contributed by atoms with Crippen LogP contribution >= 0.6 is 0 Å². The van der Waals surface area contributed by atoms with Crippen LogP contribution in [0.5, 0.6) is 0 Å². The van der Waals surface area contributed by atoms with Crippen LogP contribution < -0.4 is 10.2 Å². The molecule has 3 rings (SSSR count). The Labute approximate surface area is 140 Å². The van der Waals surface area contributed by atoms with Crippen molar-refractivity contribution < 1.29 is 14.0 Å². The monoisotopic (exact) mass is 326 g/mol. The Hall–Kier alpha value is -2.69. The minimum atomic E-state index is -0.442. The second kappa shape index (κ2) is 6.43. The molecule has 1 fully saturated rings. The average molecular weight is 326 g/mol. The predicted octanol–water partition coefficient (Wildman–Crippen LogP) is 3.43. The van der Waals surface area contributed by atoms with Gasteiger partial charge in [0.2, 0.25) is 11.8 Å². The number of nitrogens with zero attached hydrogens (tertiary/aromatic N) is 1. The molecule has 2 aromatic rings. The van der Waals surface area contributed by atoms with Crippen molar-refractivity contribution in [2.45, 2.75) is 20.3 Å². The van der Waals surface area contributed by atoms with Crippen molar-refractivity contribution in [3.05, 3.63) is 59.4 Å². The quantitative estimate of drug-likeness (QED) is 0.939. The maximum atomic E-state index is 13.2. The van der Waals surface area contributed by atoms with Crippen molar-refractivity contribution in [2.75, 3.05) is 16.8 Å². The second-order valence-electron chi connectivity index (χ2n) is 6.17. The van der Waals surface area contributed by atoms with Gasteiger partial charge in [-0.1, -0.05) is 12.1 Å². The number of amides is 2. The number of aryl methyl sites for hydroxylation is 2. The molecule has 1 aliphatic rings. The lowest BCUT2D eigenvalue weighted by atomic mass is 10.1. The highest BCUT2D eigenvalue weighted by atomic mass is 19.1. The number of benzene rings is 2. The Bertz CT molecular complexity index is 804. The van der Waals surface area contributed by atoms with E-state index < -0.39 is 11.7 Å². The number of carbonyl (C=O) groups is 2. The smallest absolute Gasteiger partial charge is 0.229 e. The molecule has 24 heavy (non-hydrogen) atoms. The van der Waals surface area contributed by atoms with Gasteiger partial charge in [-0.3, -0.25) is 9.59 Å². The number of hydrogen-bond acceptors (Lipinski definition) is 2. The molecular weight excluding hydrogens is 307 g/mol. The topological polar surface area (TPSA) is 49.4 Å². The number of halogens is 1. The predicted molar refractivity (Wildman–Crippen MR) is 91.4 cm³/mol. The summed E-state index contributed by atoms with van der Waals surface area (Å²) in [4.78, 5) is 26.3. The van der Waals surface area contributed by atoms with Gasteiger partial charge in [0.25, 0.3) is 0 Å². The zero-order valence-corrected chi connectivity index (χ0v) is 13.7. The SMILES string of the molecule is Cc1ccc(N2C[C@H](C(=O)Nc3cccc(F)c3)CC2=O)cc1C. The molecule has 4 nitrogen and oxygen atoms in total. The minimum Gasteiger partial charge on any atom is -0.326 e. The van der Waals surface area contributed by atoms with Gasteiger partial charge in [0.15, 0.2) is 0 Å². The fourth-order valence-corrected chi connectivity index (χ4v) is 2.84. The lowest BCUT2D eigenvalue weighted by Crippen LogP contribution is -2.28. The van der Waals surface area contributed by atoms with Gasteiger partial charge >= 0.3 is 0 Å². The van der Waals surface area contributed by atoms with E-state index in [2.05, 4.69) is 5.32 Å². The molecule has 2 amide bonds. The molecule has 2 aromatic carbocycles. The Kier molecular flexibility index (Phi) is 4.34. The van der Waals surface area contributed by atoms with Crippen LogP contribution in [0.15, 0.2) is 42.5 Å². The summed E-state index contributed by atoms with van der Waals surface area (Å²) in [6, 6.07) is 11.6. The summed E-state index contributed by atoms with van der Waals surface area (Å²) in [5, 5.41) is 2.68. The Morgan fingerprint density at radius 2 is 1.96 bits per heavy atom. The van der Waals surface area contributed by atoms with Gasteiger partial charge in [-0.05, 0) is 55.3 Å². The lowest BCUT2D eigenvalue weighted by molar-refractivity contribution is -0.122. The first kappa shape index (κ1) is 16.2. The fourth-order valence-electron chi connectivity index (χ4n) is 2.84. The van der Waals surface area contributed by atoms with Crippen molar-refractivity contribution >= 4 is 23.2 Å². The third kappa shape index (κ3) is 3.30. The van der Waals surface area contributed by atoms with E-state index in [1.165, 1.54) is 18.2 Å². The molecule has 1 heterocycles. The van der Waals surface area contributed by atoms with E-state index in [0.717, 1.165) is 16.8 Å². The first-order chi connectivity index (χ1) is 11.4. The van der Waals surface area contributed by atoms with Gasteiger partial charge in [0.1, 0.15) is 5.82 Å². The molecule has 1 atom stereocenters. The van der Waals surface area contributed by atoms with Crippen LogP contribution in [0, 0.1) is 25.6 Å². The van der Waals surface area contributed by atoms with Crippen LogP contribution in [-0.2, 0) is 9.59 Å². The summed E-state index contributed by atoms with van der Waals surface area (Å²) in [6.45, 7) is 4.34. The highest BCUT2D eigenvalue weighted by Gasteiger charge is 2.35. The number of hydrogen-bond donors (Lipinski definition) is 1. The summed E-state index contributed by atoms with van der Waals surface area (Å²) < 4.78 is 13.2. The standard InChI is InChI=1S/C19H19FN2O2/c1-12-6-7-17(8-13(12)2)22-11-14(9-18(22)23)19(24)21-16-5-3-4-15(20)10-16/h3-8,10,14H,9,11H2,1-2H3,(H,21,24)/t14-/m1/s1. The Morgan fingerprint density at radius 3 is 2.67 bits per heavy atom. The molecule has 0 saturated carbocycles. The van der Waals surface area contributed by atoms with Gasteiger partial charge in [0.05, 0.1) is 5.92 Å². The molecular formula is C19H19FN2O2. The molecule has 0 spiro atoms. The van der Waals surface area contributed by atoms with Crippen LogP contribution in [0.3, 0.4) is 0 Å². The van der Waals surface area contributed by atoms with Crippen LogP contribution in [-0.4, -0.2) is 18.4 Å². The number of rotatable bonds is 3. The molecule has 5 heteroatoms. The molecule has 0 aromatic heterocycles. The Balaban J connectivity index is 1.72. The summed E-state index contributed by atoms with van der Waals surface area (Å²) in [5.74, 6) is -1.19. The number of carbonyl (C=O) groups excluding carboxylic acids is 2. The van der Waals surface area contributed by atoms with Crippen molar-refractivity contribution in [3.8, 4) is 0 Å². The van der Waals surface area contributed by atoms with Crippen LogP contribution in [0.2, 0.25) is 0 Å². The van der Waals surface area contributed by atoms with E-state index in [1.54, 1.807) is 11.0 Å².